The van der Waals surface area contributed by atoms with Crippen molar-refractivity contribution in [3.8, 4) is 0 Å². The maximum atomic E-state index is 12.6. The highest BCUT2D eigenvalue weighted by Crippen LogP contribution is 2.12. The molecule has 0 aromatic carbocycles. The molecule has 6 nitrogen and oxygen atoms in total. The summed E-state index contributed by atoms with van der Waals surface area (Å²) in [7, 11) is 0. The molecule has 52 heavy (non-hydrogen) atoms. The molecule has 294 valence electrons. The molecule has 0 rings (SSSR count). The van der Waals surface area contributed by atoms with Gasteiger partial charge in [-0.2, -0.15) is 0 Å². The van der Waals surface area contributed by atoms with Crippen molar-refractivity contribution in [2.45, 2.75) is 175 Å². The normalized spacial score (nSPS) is 12.9. The Bertz CT molecular complexity index is 1060. The highest BCUT2D eigenvalue weighted by molar-refractivity contribution is 5.72. The fourth-order valence-electron chi connectivity index (χ4n) is 5.10. The Morgan fingerprint density at radius 1 is 0.442 bits per heavy atom. The van der Waals surface area contributed by atoms with Crippen LogP contribution in [0.1, 0.15) is 168 Å². The first-order chi connectivity index (χ1) is 25.5. The zero-order valence-electron chi connectivity index (χ0n) is 33.3. The first-order valence-electron chi connectivity index (χ1n) is 20.6. The first kappa shape index (κ1) is 48.6. The van der Waals surface area contributed by atoms with Crippen LogP contribution in [-0.4, -0.2) is 37.2 Å². The molecular formula is C46H74O6. The average molecular weight is 723 g/mol. The Kier molecular flexibility index (Phi) is 37.7. The second kappa shape index (κ2) is 40.4. The van der Waals surface area contributed by atoms with E-state index >= 15 is 0 Å². The smallest absolute Gasteiger partial charge is 0.309 e. The Morgan fingerprint density at radius 2 is 0.885 bits per heavy atom. The molecule has 0 N–H and O–H groups in total. The minimum Gasteiger partial charge on any atom is -0.462 e. The van der Waals surface area contributed by atoms with Crippen molar-refractivity contribution in [1.29, 1.82) is 0 Å². The number of carbonyl (C=O) groups excluding carboxylic acids is 3. The minimum absolute atomic E-state index is 0.120. The van der Waals surface area contributed by atoms with Gasteiger partial charge in [-0.25, -0.2) is 0 Å². The standard InChI is InChI=1S/C46H74O6/c1-4-7-10-13-16-19-21-22-23-25-27-30-33-36-39-45(48)51-42-43(41-50-44(47)38-35-32-29-26-18-15-12-9-6-3)52-46(49)40-37-34-31-28-24-20-17-14-11-8-5-2/h7,9-10,12,14,16-20,24,26,32,35,43H,4-6,8,11,13,15,21-23,25,27-31,33-34,36-42H2,1-3H3/b10-7-,12-9-,17-14-,19-16-,24-20-,26-18-,35-32-. The zero-order chi connectivity index (χ0) is 38.0. The largest absolute Gasteiger partial charge is 0.462 e. The number of ether oxygens (including phenoxy) is 3. The maximum Gasteiger partial charge on any atom is 0.309 e. The summed E-state index contributed by atoms with van der Waals surface area (Å²) in [6.45, 7) is 6.19. The Balaban J connectivity index is 4.50. The zero-order valence-corrected chi connectivity index (χ0v) is 33.3. The van der Waals surface area contributed by atoms with Gasteiger partial charge in [0.2, 0.25) is 0 Å². The van der Waals surface area contributed by atoms with E-state index in [9.17, 15) is 14.4 Å². The molecule has 0 aromatic rings. The van der Waals surface area contributed by atoms with E-state index in [0.29, 0.717) is 12.8 Å². The quantitative estimate of drug-likeness (QED) is 0.0213. The molecule has 0 radical (unpaired) electrons. The van der Waals surface area contributed by atoms with Crippen LogP contribution in [0.4, 0.5) is 0 Å². The fourth-order valence-corrected chi connectivity index (χ4v) is 5.10. The van der Waals surface area contributed by atoms with Crippen LogP contribution in [0.5, 0.6) is 0 Å². The van der Waals surface area contributed by atoms with Gasteiger partial charge in [0.25, 0.3) is 0 Å². The summed E-state index contributed by atoms with van der Waals surface area (Å²) in [5.74, 6) is -1.10. The molecule has 0 aromatic heterocycles. The first-order valence-corrected chi connectivity index (χ1v) is 20.6. The van der Waals surface area contributed by atoms with Crippen LogP contribution in [0.3, 0.4) is 0 Å². The second-order valence-electron chi connectivity index (χ2n) is 13.2. The number of unbranched alkanes of at least 4 members (excludes halogenated alkanes) is 12. The van der Waals surface area contributed by atoms with Gasteiger partial charge in [-0.15, -0.1) is 0 Å². The van der Waals surface area contributed by atoms with E-state index < -0.39 is 12.1 Å². The van der Waals surface area contributed by atoms with Gasteiger partial charge in [-0.3, -0.25) is 14.4 Å². The van der Waals surface area contributed by atoms with Crippen molar-refractivity contribution < 1.29 is 28.6 Å². The summed E-state index contributed by atoms with van der Waals surface area (Å²) in [4.78, 5) is 37.4. The summed E-state index contributed by atoms with van der Waals surface area (Å²) in [5.41, 5.74) is 0. The van der Waals surface area contributed by atoms with Gasteiger partial charge >= 0.3 is 17.9 Å². The summed E-state index contributed by atoms with van der Waals surface area (Å²) < 4.78 is 16.5. The molecule has 0 heterocycles. The maximum absolute atomic E-state index is 12.6. The van der Waals surface area contributed by atoms with E-state index in [0.717, 1.165) is 83.5 Å². The molecule has 0 bridgehead atoms. The lowest BCUT2D eigenvalue weighted by atomic mass is 10.1. The highest BCUT2D eigenvalue weighted by Gasteiger charge is 2.19. The van der Waals surface area contributed by atoms with Crippen molar-refractivity contribution in [2.75, 3.05) is 13.2 Å². The van der Waals surface area contributed by atoms with E-state index in [4.69, 9.17) is 14.2 Å². The third kappa shape index (κ3) is 37.8. The molecule has 0 saturated carbocycles. The van der Waals surface area contributed by atoms with E-state index in [2.05, 4.69) is 93.7 Å². The number of allylic oxidation sites excluding steroid dienone is 13. The molecule has 0 amide bonds. The summed E-state index contributed by atoms with van der Waals surface area (Å²) in [6, 6.07) is 0. The molecule has 0 aliphatic heterocycles. The number of hydrogen-bond acceptors (Lipinski definition) is 6. The monoisotopic (exact) mass is 723 g/mol. The summed E-state index contributed by atoms with van der Waals surface area (Å²) in [5, 5.41) is 0. The number of rotatable bonds is 35. The van der Waals surface area contributed by atoms with Crippen LogP contribution in [0.2, 0.25) is 0 Å². The Labute approximate surface area is 318 Å². The third-order valence-electron chi connectivity index (χ3n) is 8.18. The van der Waals surface area contributed by atoms with Crippen LogP contribution in [0, 0.1) is 0 Å². The van der Waals surface area contributed by atoms with Crippen LogP contribution in [0.25, 0.3) is 0 Å². The molecule has 1 unspecified atom stereocenters. The average Bonchev–Trinajstić information content (AvgIpc) is 3.14. The van der Waals surface area contributed by atoms with E-state index in [1.807, 2.05) is 6.08 Å². The van der Waals surface area contributed by atoms with E-state index in [-0.39, 0.29) is 38.0 Å². The van der Waals surface area contributed by atoms with Crippen LogP contribution in [-0.2, 0) is 28.6 Å². The second-order valence-corrected chi connectivity index (χ2v) is 13.2. The Hall–Kier alpha value is -3.41. The van der Waals surface area contributed by atoms with Crippen molar-refractivity contribution in [3.05, 3.63) is 85.1 Å². The van der Waals surface area contributed by atoms with Crippen LogP contribution < -0.4 is 0 Å². The van der Waals surface area contributed by atoms with Gasteiger partial charge < -0.3 is 14.2 Å². The summed E-state index contributed by atoms with van der Waals surface area (Å²) in [6.07, 6.45) is 50.3. The molecule has 0 aliphatic carbocycles. The Morgan fingerprint density at radius 3 is 1.48 bits per heavy atom. The van der Waals surface area contributed by atoms with Crippen molar-refractivity contribution in [2.24, 2.45) is 0 Å². The van der Waals surface area contributed by atoms with E-state index in [1.165, 1.54) is 38.5 Å². The van der Waals surface area contributed by atoms with Gasteiger partial charge in [0.1, 0.15) is 13.2 Å². The summed E-state index contributed by atoms with van der Waals surface area (Å²) >= 11 is 0. The topological polar surface area (TPSA) is 78.9 Å². The van der Waals surface area contributed by atoms with Crippen LogP contribution in [0.15, 0.2) is 85.1 Å². The predicted octanol–water partition coefficient (Wildman–Crippen LogP) is 12.9. The fraction of sp³-hybridized carbons (Fsp3) is 0.630. The van der Waals surface area contributed by atoms with Crippen molar-refractivity contribution in [3.63, 3.8) is 0 Å². The molecule has 0 spiro atoms. The number of carbonyl (C=O) groups is 3. The van der Waals surface area contributed by atoms with Gasteiger partial charge in [0.15, 0.2) is 6.10 Å². The lowest BCUT2D eigenvalue weighted by Gasteiger charge is -2.18. The molecule has 0 saturated heterocycles. The van der Waals surface area contributed by atoms with E-state index in [1.54, 1.807) is 6.08 Å². The lowest BCUT2D eigenvalue weighted by molar-refractivity contribution is -0.166. The SMILES string of the molecule is CC/C=C\C/C=C\C/C=C\CC(=O)OCC(COC(=O)CCCCCCCCC/C=C\C/C=C\CC)OC(=O)CCCCC/C=C\C=C/CCCC. The molecule has 6 heteroatoms. The van der Waals surface area contributed by atoms with Crippen LogP contribution >= 0.6 is 0 Å². The van der Waals surface area contributed by atoms with Gasteiger partial charge in [0.05, 0.1) is 6.42 Å². The van der Waals surface area contributed by atoms with Crippen molar-refractivity contribution >= 4 is 17.9 Å². The van der Waals surface area contributed by atoms with Gasteiger partial charge in [-0.1, -0.05) is 157 Å². The third-order valence-corrected chi connectivity index (χ3v) is 8.18. The lowest BCUT2D eigenvalue weighted by Crippen LogP contribution is -2.30. The highest BCUT2D eigenvalue weighted by atomic mass is 16.6. The van der Waals surface area contributed by atoms with Gasteiger partial charge in [0, 0.05) is 12.8 Å². The van der Waals surface area contributed by atoms with Crippen molar-refractivity contribution in [1.82, 2.24) is 0 Å². The molecular weight excluding hydrogens is 649 g/mol. The number of esters is 3. The predicted molar refractivity (Wildman–Crippen MR) is 219 cm³/mol. The molecule has 0 fully saturated rings. The van der Waals surface area contributed by atoms with Gasteiger partial charge in [-0.05, 0) is 77.0 Å². The molecule has 0 aliphatic rings. The molecule has 1 atom stereocenters. The minimum atomic E-state index is -0.825. The number of hydrogen-bond donors (Lipinski definition) is 0.